The molecule has 1 atom stereocenters. The lowest BCUT2D eigenvalue weighted by molar-refractivity contribution is -0.138. The van der Waals surface area contributed by atoms with Gasteiger partial charge >= 0.3 is 5.97 Å². The van der Waals surface area contributed by atoms with Crippen molar-refractivity contribution in [3.63, 3.8) is 0 Å². The van der Waals surface area contributed by atoms with Gasteiger partial charge in [-0.3, -0.25) is 4.79 Å². The van der Waals surface area contributed by atoms with Gasteiger partial charge in [0.2, 0.25) is 10.0 Å². The van der Waals surface area contributed by atoms with Gasteiger partial charge in [0.15, 0.2) is 0 Å². The number of carboxylic acids is 1. The summed E-state index contributed by atoms with van der Waals surface area (Å²) in [5.41, 5.74) is 0.218. The molecule has 1 rings (SSSR count). The van der Waals surface area contributed by atoms with Crippen molar-refractivity contribution in [3.05, 3.63) is 29.6 Å². The smallest absolute Gasteiger partial charge is 0.321 e. The molecule has 0 heterocycles. The number of aryl methyl sites for hydroxylation is 1. The number of nitrogens with one attached hydrogen (secondary N) is 1. The van der Waals surface area contributed by atoms with E-state index in [4.69, 9.17) is 5.11 Å². The third-order valence-electron chi connectivity index (χ3n) is 2.13. The number of carboxylic acid groups (broad SMARTS) is 1. The van der Waals surface area contributed by atoms with Crippen molar-refractivity contribution in [2.24, 2.45) is 0 Å². The average molecular weight is 261 g/mol. The molecule has 0 unspecified atom stereocenters. The Morgan fingerprint density at radius 1 is 1.47 bits per heavy atom. The van der Waals surface area contributed by atoms with Crippen LogP contribution in [0, 0.1) is 12.7 Å². The molecule has 17 heavy (non-hydrogen) atoms. The van der Waals surface area contributed by atoms with Crippen LogP contribution in [-0.4, -0.2) is 25.5 Å². The van der Waals surface area contributed by atoms with Crippen molar-refractivity contribution in [1.82, 2.24) is 4.72 Å². The fraction of sp³-hybridized carbons (Fsp3) is 0.300. The minimum absolute atomic E-state index is 0.132. The highest BCUT2D eigenvalue weighted by Gasteiger charge is 2.22. The lowest BCUT2D eigenvalue weighted by atomic mass is 10.2. The van der Waals surface area contributed by atoms with Gasteiger partial charge in [0.25, 0.3) is 0 Å². The molecule has 5 nitrogen and oxygen atoms in total. The van der Waals surface area contributed by atoms with Crippen LogP contribution in [0.2, 0.25) is 0 Å². The molecule has 1 aromatic rings. The van der Waals surface area contributed by atoms with E-state index in [1.165, 1.54) is 13.8 Å². The standard InChI is InChI=1S/C10H12FNO4S/c1-6-5-8(11)3-4-9(6)17(15,16)12-7(2)10(13)14/h3-5,7,12H,1-2H3,(H,13,14)/t7-/m0/s1. The first-order valence-electron chi connectivity index (χ1n) is 4.75. The van der Waals surface area contributed by atoms with Crippen LogP contribution in [0.1, 0.15) is 12.5 Å². The molecule has 0 aliphatic carbocycles. The van der Waals surface area contributed by atoms with Crippen molar-refractivity contribution in [3.8, 4) is 0 Å². The Balaban J connectivity index is 3.10. The number of halogens is 1. The van der Waals surface area contributed by atoms with E-state index in [0.717, 1.165) is 18.2 Å². The Kier molecular flexibility index (Phi) is 3.84. The average Bonchev–Trinajstić information content (AvgIpc) is 2.15. The van der Waals surface area contributed by atoms with Crippen LogP contribution in [0.3, 0.4) is 0 Å². The number of carbonyl (C=O) groups is 1. The first-order valence-corrected chi connectivity index (χ1v) is 6.23. The van der Waals surface area contributed by atoms with Crippen molar-refractivity contribution >= 4 is 16.0 Å². The summed E-state index contributed by atoms with van der Waals surface area (Å²) in [7, 11) is -3.95. The van der Waals surface area contributed by atoms with Crippen LogP contribution < -0.4 is 4.72 Å². The van der Waals surface area contributed by atoms with Crippen LogP contribution in [-0.2, 0) is 14.8 Å². The Morgan fingerprint density at radius 2 is 2.06 bits per heavy atom. The van der Waals surface area contributed by atoms with E-state index < -0.39 is 27.9 Å². The fourth-order valence-electron chi connectivity index (χ4n) is 1.26. The monoisotopic (exact) mass is 261 g/mol. The van der Waals surface area contributed by atoms with Crippen molar-refractivity contribution < 1.29 is 22.7 Å². The summed E-state index contributed by atoms with van der Waals surface area (Å²) in [6.45, 7) is 2.64. The normalized spacial score (nSPS) is 13.4. The van der Waals surface area contributed by atoms with Gasteiger partial charge in [0.1, 0.15) is 11.9 Å². The zero-order chi connectivity index (χ0) is 13.2. The van der Waals surface area contributed by atoms with E-state index in [0.29, 0.717) is 0 Å². The number of sulfonamides is 1. The molecule has 7 heteroatoms. The predicted octanol–water partition coefficient (Wildman–Crippen LogP) is 0.886. The first kappa shape index (κ1) is 13.6. The van der Waals surface area contributed by atoms with Gasteiger partial charge in [-0.05, 0) is 37.6 Å². The summed E-state index contributed by atoms with van der Waals surface area (Å²) in [6.07, 6.45) is 0. The zero-order valence-corrected chi connectivity index (χ0v) is 10.1. The number of aliphatic carboxylic acids is 1. The molecular weight excluding hydrogens is 249 g/mol. The topological polar surface area (TPSA) is 83.5 Å². The van der Waals surface area contributed by atoms with E-state index in [1.807, 2.05) is 4.72 Å². The molecule has 0 aromatic heterocycles. The van der Waals surface area contributed by atoms with Gasteiger partial charge in [-0.1, -0.05) is 0 Å². The van der Waals surface area contributed by atoms with Crippen molar-refractivity contribution in [1.29, 1.82) is 0 Å². The van der Waals surface area contributed by atoms with Gasteiger partial charge in [0.05, 0.1) is 4.90 Å². The largest absolute Gasteiger partial charge is 0.480 e. The summed E-state index contributed by atoms with van der Waals surface area (Å²) in [5.74, 6) is -1.83. The third-order valence-corrected chi connectivity index (χ3v) is 3.83. The predicted molar refractivity (Wildman–Crippen MR) is 58.6 cm³/mol. The second-order valence-electron chi connectivity index (χ2n) is 3.59. The Labute approximate surface area is 98.3 Å². The summed E-state index contributed by atoms with van der Waals surface area (Å²) in [5, 5.41) is 8.62. The van der Waals surface area contributed by atoms with Crippen molar-refractivity contribution in [2.75, 3.05) is 0 Å². The lowest BCUT2D eigenvalue weighted by Crippen LogP contribution is -2.38. The maximum atomic E-state index is 12.8. The first-order chi connectivity index (χ1) is 7.74. The minimum atomic E-state index is -3.95. The molecule has 94 valence electrons. The Hall–Kier alpha value is -1.47. The third kappa shape index (κ3) is 3.24. The van der Waals surface area contributed by atoms with Gasteiger partial charge in [-0.15, -0.1) is 0 Å². The second kappa shape index (κ2) is 4.80. The Morgan fingerprint density at radius 3 is 2.53 bits per heavy atom. The number of rotatable bonds is 4. The molecule has 0 aliphatic heterocycles. The molecule has 0 fully saturated rings. The SMILES string of the molecule is Cc1cc(F)ccc1S(=O)(=O)N[C@@H](C)C(=O)O. The highest BCUT2D eigenvalue weighted by atomic mass is 32.2. The van der Waals surface area contributed by atoms with Crippen LogP contribution >= 0.6 is 0 Å². The molecule has 0 spiro atoms. The summed E-state index contributed by atoms with van der Waals surface area (Å²) in [4.78, 5) is 10.4. The van der Waals surface area contributed by atoms with Crippen LogP contribution in [0.15, 0.2) is 23.1 Å². The number of benzene rings is 1. The molecule has 0 saturated carbocycles. The van der Waals surface area contributed by atoms with E-state index in [1.54, 1.807) is 0 Å². The van der Waals surface area contributed by atoms with Gasteiger partial charge < -0.3 is 5.11 Å². The molecule has 0 aliphatic rings. The summed E-state index contributed by atoms with van der Waals surface area (Å²) >= 11 is 0. The molecular formula is C10H12FNO4S. The number of hydrogen-bond acceptors (Lipinski definition) is 3. The zero-order valence-electron chi connectivity index (χ0n) is 9.27. The van der Waals surface area contributed by atoms with E-state index >= 15 is 0 Å². The van der Waals surface area contributed by atoms with Crippen molar-refractivity contribution in [2.45, 2.75) is 24.8 Å². The Bertz CT molecular complexity index is 541. The van der Waals surface area contributed by atoms with Gasteiger partial charge in [-0.25, -0.2) is 12.8 Å². The fourth-order valence-corrected chi connectivity index (χ4v) is 2.68. The molecule has 1 aromatic carbocycles. The molecule has 0 bridgehead atoms. The molecule has 0 saturated heterocycles. The molecule has 0 radical (unpaired) electrons. The van der Waals surface area contributed by atoms with Crippen LogP contribution in [0.5, 0.6) is 0 Å². The minimum Gasteiger partial charge on any atom is -0.480 e. The summed E-state index contributed by atoms with van der Waals surface area (Å²) < 4.78 is 38.4. The maximum absolute atomic E-state index is 12.8. The molecule has 0 amide bonds. The quantitative estimate of drug-likeness (QED) is 0.843. The van der Waals surface area contributed by atoms with Crippen LogP contribution in [0.25, 0.3) is 0 Å². The lowest BCUT2D eigenvalue weighted by Gasteiger charge is -2.11. The maximum Gasteiger partial charge on any atom is 0.321 e. The van der Waals surface area contributed by atoms with E-state index in [9.17, 15) is 17.6 Å². The van der Waals surface area contributed by atoms with E-state index in [-0.39, 0.29) is 10.5 Å². The second-order valence-corrected chi connectivity index (χ2v) is 5.27. The van der Waals surface area contributed by atoms with Crippen LogP contribution in [0.4, 0.5) is 4.39 Å². The van der Waals surface area contributed by atoms with Gasteiger partial charge in [-0.2, -0.15) is 4.72 Å². The summed E-state index contributed by atoms with van der Waals surface area (Å²) in [6, 6.07) is 1.93. The highest BCUT2D eigenvalue weighted by Crippen LogP contribution is 2.16. The van der Waals surface area contributed by atoms with E-state index in [2.05, 4.69) is 0 Å². The molecule has 2 N–H and O–H groups in total. The number of hydrogen-bond donors (Lipinski definition) is 2. The van der Waals surface area contributed by atoms with Gasteiger partial charge in [0, 0.05) is 0 Å². The highest BCUT2D eigenvalue weighted by molar-refractivity contribution is 7.89.